The topological polar surface area (TPSA) is 87.7 Å². The van der Waals surface area contributed by atoms with Gasteiger partial charge in [0.25, 0.3) is 5.91 Å². The summed E-state index contributed by atoms with van der Waals surface area (Å²) in [4.78, 5) is 24.7. The lowest BCUT2D eigenvalue weighted by molar-refractivity contribution is 0.102. The first-order valence-electron chi connectivity index (χ1n) is 8.35. The molecule has 8 heteroatoms. The summed E-state index contributed by atoms with van der Waals surface area (Å²) in [7, 11) is 0. The van der Waals surface area contributed by atoms with Crippen LogP contribution in [0.25, 0.3) is 10.4 Å². The van der Waals surface area contributed by atoms with E-state index in [2.05, 4.69) is 26.6 Å². The van der Waals surface area contributed by atoms with E-state index in [9.17, 15) is 9.59 Å². The number of benzene rings is 2. The summed E-state index contributed by atoms with van der Waals surface area (Å²) in [6.07, 6.45) is -1.20. The molecule has 0 spiro atoms. The lowest BCUT2D eigenvalue weighted by Gasteiger charge is -2.13. The third-order valence-electron chi connectivity index (χ3n) is 3.78. The van der Waals surface area contributed by atoms with Gasteiger partial charge in [0.15, 0.2) is 0 Å². The zero-order valence-electron chi connectivity index (χ0n) is 14.6. The van der Waals surface area contributed by atoms with Gasteiger partial charge in [-0.25, -0.2) is 4.79 Å². The maximum Gasteiger partial charge on any atom is 0.409 e. The summed E-state index contributed by atoms with van der Waals surface area (Å²) >= 11 is 4.85. The van der Waals surface area contributed by atoms with Crippen molar-refractivity contribution in [3.05, 3.63) is 65.5 Å². The Hall–Kier alpha value is -2.84. The third-order valence-corrected chi connectivity index (χ3v) is 5.02. The van der Waals surface area contributed by atoms with Gasteiger partial charge in [0.05, 0.1) is 18.0 Å². The first-order chi connectivity index (χ1) is 13.6. The van der Waals surface area contributed by atoms with Gasteiger partial charge in [-0.05, 0) is 53.4 Å². The van der Waals surface area contributed by atoms with E-state index in [-0.39, 0.29) is 5.91 Å². The van der Waals surface area contributed by atoms with Crippen molar-refractivity contribution in [2.75, 3.05) is 22.6 Å². The molecular weight excluding hydrogens is 444 g/mol. The molecule has 3 aromatic rings. The minimum Gasteiger partial charge on any atom is -0.493 e. The van der Waals surface area contributed by atoms with E-state index in [0.717, 1.165) is 15.8 Å². The molecule has 0 atom stereocenters. The molecule has 2 amide bonds. The van der Waals surface area contributed by atoms with Crippen molar-refractivity contribution in [3.63, 3.8) is 0 Å². The molecule has 3 rings (SSSR count). The van der Waals surface area contributed by atoms with Crippen molar-refractivity contribution in [1.82, 2.24) is 0 Å². The molecule has 0 bridgehead atoms. The van der Waals surface area contributed by atoms with Crippen LogP contribution in [-0.4, -0.2) is 29.0 Å². The molecule has 6 nitrogen and oxygen atoms in total. The van der Waals surface area contributed by atoms with E-state index in [4.69, 9.17) is 9.84 Å². The number of hydrogen-bond donors (Lipinski definition) is 3. The van der Waals surface area contributed by atoms with Crippen LogP contribution in [0, 0.1) is 0 Å². The van der Waals surface area contributed by atoms with E-state index in [1.54, 1.807) is 47.7 Å². The van der Waals surface area contributed by atoms with Crippen LogP contribution in [0.1, 0.15) is 10.4 Å². The molecule has 2 aromatic carbocycles. The van der Waals surface area contributed by atoms with Gasteiger partial charge >= 0.3 is 6.09 Å². The average molecular weight is 461 g/mol. The number of nitrogens with one attached hydrogen (secondary N) is 2. The van der Waals surface area contributed by atoms with Crippen molar-refractivity contribution < 1.29 is 19.4 Å². The van der Waals surface area contributed by atoms with Crippen molar-refractivity contribution in [2.45, 2.75) is 0 Å². The standard InChI is InChI=1S/C20H17BrN2O4S/c21-9-10-27-15-6-3-13(4-7-15)19(24)22-17-12-14(18-2-1-11-28-18)5-8-16(17)23-20(25)26/h1-8,11-12,23H,9-10H2,(H,22,24)(H,25,26). The Kier molecular flexibility index (Phi) is 6.67. The Labute approximate surface area is 174 Å². The zero-order valence-corrected chi connectivity index (χ0v) is 17.0. The van der Waals surface area contributed by atoms with Crippen LogP contribution in [0.2, 0.25) is 0 Å². The molecule has 1 aromatic heterocycles. The molecule has 1 heterocycles. The van der Waals surface area contributed by atoms with Crippen LogP contribution in [0.5, 0.6) is 5.75 Å². The normalized spacial score (nSPS) is 10.3. The van der Waals surface area contributed by atoms with Gasteiger partial charge in [-0.1, -0.05) is 28.1 Å². The highest BCUT2D eigenvalue weighted by Gasteiger charge is 2.13. The van der Waals surface area contributed by atoms with E-state index in [0.29, 0.717) is 29.3 Å². The summed E-state index contributed by atoms with van der Waals surface area (Å²) < 4.78 is 5.48. The van der Waals surface area contributed by atoms with Gasteiger partial charge in [0.1, 0.15) is 5.75 Å². The highest BCUT2D eigenvalue weighted by atomic mass is 79.9. The number of carboxylic acid groups (broad SMARTS) is 1. The number of carbonyl (C=O) groups is 2. The van der Waals surface area contributed by atoms with Crippen LogP contribution < -0.4 is 15.4 Å². The molecule has 3 N–H and O–H groups in total. The lowest BCUT2D eigenvalue weighted by Crippen LogP contribution is -2.15. The zero-order chi connectivity index (χ0) is 19.9. The molecule has 0 radical (unpaired) electrons. The van der Waals surface area contributed by atoms with Gasteiger partial charge in [-0.2, -0.15) is 0 Å². The Morgan fingerprint density at radius 2 is 1.82 bits per heavy atom. The quantitative estimate of drug-likeness (QED) is 0.404. The highest BCUT2D eigenvalue weighted by molar-refractivity contribution is 9.09. The number of carbonyl (C=O) groups excluding carboxylic acids is 1. The number of rotatable bonds is 7. The second-order valence-corrected chi connectivity index (χ2v) is 7.42. The van der Waals surface area contributed by atoms with Gasteiger partial charge in [0.2, 0.25) is 0 Å². The molecule has 0 aliphatic rings. The van der Waals surface area contributed by atoms with Crippen molar-refractivity contribution in [2.24, 2.45) is 0 Å². The van der Waals surface area contributed by atoms with Crippen LogP contribution in [0.15, 0.2) is 60.0 Å². The van der Waals surface area contributed by atoms with Crippen molar-refractivity contribution in [1.29, 1.82) is 0 Å². The van der Waals surface area contributed by atoms with Crippen molar-refractivity contribution >= 4 is 50.6 Å². The van der Waals surface area contributed by atoms with Gasteiger partial charge in [-0.3, -0.25) is 10.1 Å². The molecule has 144 valence electrons. The van der Waals surface area contributed by atoms with E-state index < -0.39 is 6.09 Å². The summed E-state index contributed by atoms with van der Waals surface area (Å²) in [5, 5.41) is 16.8. The number of alkyl halides is 1. The minimum absolute atomic E-state index is 0.304. The molecule has 0 saturated carbocycles. The Morgan fingerprint density at radius 3 is 2.46 bits per heavy atom. The smallest absolute Gasteiger partial charge is 0.409 e. The second kappa shape index (κ2) is 9.38. The van der Waals surface area contributed by atoms with E-state index in [1.165, 1.54) is 0 Å². The second-order valence-electron chi connectivity index (χ2n) is 5.68. The van der Waals surface area contributed by atoms with Crippen LogP contribution in [-0.2, 0) is 0 Å². The highest BCUT2D eigenvalue weighted by Crippen LogP contribution is 2.32. The van der Waals surface area contributed by atoms with Gasteiger partial charge < -0.3 is 15.2 Å². The Bertz CT molecular complexity index is 959. The molecule has 0 fully saturated rings. The fourth-order valence-corrected chi connectivity index (χ4v) is 3.41. The molecular formula is C20H17BrN2O4S. The first kappa shape index (κ1) is 19.9. The summed E-state index contributed by atoms with van der Waals surface area (Å²) in [6.45, 7) is 0.533. The number of hydrogen-bond acceptors (Lipinski definition) is 4. The fourth-order valence-electron chi connectivity index (χ4n) is 2.52. The largest absolute Gasteiger partial charge is 0.493 e. The number of ether oxygens (including phenoxy) is 1. The number of amides is 2. The number of thiophene rings is 1. The minimum atomic E-state index is -1.20. The SMILES string of the molecule is O=C(O)Nc1ccc(-c2cccs2)cc1NC(=O)c1ccc(OCCBr)cc1. The first-order valence-corrected chi connectivity index (χ1v) is 10.3. The summed E-state index contributed by atoms with van der Waals surface area (Å²) in [5.41, 5.74) is 2.02. The third kappa shape index (κ3) is 5.11. The molecule has 0 unspecified atom stereocenters. The van der Waals surface area contributed by atoms with Crippen LogP contribution in [0.3, 0.4) is 0 Å². The number of anilines is 2. The van der Waals surface area contributed by atoms with Crippen LogP contribution >= 0.6 is 27.3 Å². The van der Waals surface area contributed by atoms with Crippen LogP contribution in [0.4, 0.5) is 16.2 Å². The maximum atomic E-state index is 12.6. The molecule has 0 aliphatic heterocycles. The Morgan fingerprint density at radius 1 is 1.04 bits per heavy atom. The predicted molar refractivity (Wildman–Crippen MR) is 115 cm³/mol. The van der Waals surface area contributed by atoms with E-state index >= 15 is 0 Å². The molecule has 0 saturated heterocycles. The summed E-state index contributed by atoms with van der Waals surface area (Å²) in [5.74, 6) is 0.327. The molecule has 28 heavy (non-hydrogen) atoms. The number of halogens is 1. The maximum absolute atomic E-state index is 12.6. The van der Waals surface area contributed by atoms with E-state index in [1.807, 2.05) is 23.6 Å². The summed E-state index contributed by atoms with van der Waals surface area (Å²) in [6, 6.07) is 15.8. The fraction of sp³-hybridized carbons (Fsp3) is 0.100. The predicted octanol–water partition coefficient (Wildman–Crippen LogP) is 5.53. The monoisotopic (exact) mass is 460 g/mol. The molecule has 0 aliphatic carbocycles. The van der Waals surface area contributed by atoms with Gasteiger partial charge in [-0.15, -0.1) is 11.3 Å². The Balaban J connectivity index is 1.83. The van der Waals surface area contributed by atoms with Crippen molar-refractivity contribution in [3.8, 4) is 16.2 Å². The lowest BCUT2D eigenvalue weighted by atomic mass is 10.1. The average Bonchev–Trinajstić information content (AvgIpc) is 3.22. The van der Waals surface area contributed by atoms with Gasteiger partial charge in [0, 0.05) is 15.8 Å².